The molecule has 0 radical (unpaired) electrons. The summed E-state index contributed by atoms with van der Waals surface area (Å²) in [7, 11) is 0. The summed E-state index contributed by atoms with van der Waals surface area (Å²) in [6.07, 6.45) is 0. The molecule has 1 unspecified atom stereocenters. The molecule has 5 nitrogen and oxygen atoms in total. The number of aromatic nitrogens is 2. The third kappa shape index (κ3) is 2.79. The monoisotopic (exact) mass is 442 g/mol. The van der Waals surface area contributed by atoms with Crippen LogP contribution in [0.25, 0.3) is 22.0 Å². The molecule has 3 aromatic carbocycles. The molecule has 0 amide bonds. The van der Waals surface area contributed by atoms with Gasteiger partial charge in [-0.1, -0.05) is 70.5 Å². The number of allylic oxidation sites excluding steroid dienone is 1. The van der Waals surface area contributed by atoms with Crippen LogP contribution >= 0.6 is 15.9 Å². The van der Waals surface area contributed by atoms with Gasteiger partial charge in [-0.25, -0.2) is 0 Å². The van der Waals surface area contributed by atoms with E-state index in [0.29, 0.717) is 11.5 Å². The maximum absolute atomic E-state index is 9.84. The van der Waals surface area contributed by atoms with Gasteiger partial charge in [0.25, 0.3) is 0 Å². The number of nitrogens with two attached hydrogens (primary N) is 1. The van der Waals surface area contributed by atoms with Crippen molar-refractivity contribution in [1.29, 1.82) is 5.26 Å². The van der Waals surface area contributed by atoms with E-state index >= 15 is 0 Å². The number of ether oxygens (including phenoxy) is 1. The molecule has 0 fully saturated rings. The molecule has 1 aliphatic heterocycles. The van der Waals surface area contributed by atoms with Gasteiger partial charge in [-0.15, -0.1) is 5.10 Å². The molecule has 0 saturated carbocycles. The van der Waals surface area contributed by atoms with Crippen LogP contribution in [0.5, 0.6) is 5.88 Å². The molecule has 0 bridgehead atoms. The quantitative estimate of drug-likeness (QED) is 0.445. The van der Waals surface area contributed by atoms with Crippen LogP contribution in [0.15, 0.2) is 82.7 Å². The maximum atomic E-state index is 9.84. The number of H-pyrrole nitrogens is 1. The van der Waals surface area contributed by atoms with Gasteiger partial charge in [0.2, 0.25) is 11.8 Å². The fourth-order valence-electron chi connectivity index (χ4n) is 3.83. The van der Waals surface area contributed by atoms with Gasteiger partial charge in [0.15, 0.2) is 0 Å². The number of nitrogens with one attached hydrogen (secondary N) is 1. The van der Waals surface area contributed by atoms with E-state index in [1.54, 1.807) is 0 Å². The fraction of sp³-hybridized carbons (Fsp3) is 0.0435. The van der Waals surface area contributed by atoms with Crippen LogP contribution in [0, 0.1) is 11.3 Å². The van der Waals surface area contributed by atoms with Gasteiger partial charge in [0.1, 0.15) is 11.6 Å². The summed E-state index contributed by atoms with van der Waals surface area (Å²) in [5.41, 5.74) is 9.95. The van der Waals surface area contributed by atoms with E-state index in [9.17, 15) is 5.26 Å². The van der Waals surface area contributed by atoms with Gasteiger partial charge in [-0.2, -0.15) is 5.26 Å². The minimum atomic E-state index is -0.389. The van der Waals surface area contributed by atoms with Crippen molar-refractivity contribution >= 4 is 26.7 Å². The van der Waals surface area contributed by atoms with E-state index in [1.807, 2.05) is 42.5 Å². The van der Waals surface area contributed by atoms with E-state index in [-0.39, 0.29) is 11.8 Å². The summed E-state index contributed by atoms with van der Waals surface area (Å²) in [5.74, 6) is 0.0854. The van der Waals surface area contributed by atoms with Gasteiger partial charge >= 0.3 is 0 Å². The standard InChI is InChI=1S/C23H15BrN4O/c24-18-8-4-3-7-16(18)19-17(12-25)22(26)29-23-20(19)21(27-28-23)15-10-9-13-5-1-2-6-14(13)11-15/h1-11,19H,26H2,(H,27,28). The van der Waals surface area contributed by atoms with Gasteiger partial charge in [0, 0.05) is 10.0 Å². The zero-order valence-electron chi connectivity index (χ0n) is 15.2. The average molecular weight is 443 g/mol. The first-order chi connectivity index (χ1) is 14.2. The highest BCUT2D eigenvalue weighted by Gasteiger charge is 2.36. The van der Waals surface area contributed by atoms with Crippen molar-refractivity contribution in [3.63, 3.8) is 0 Å². The van der Waals surface area contributed by atoms with Gasteiger partial charge in [0.05, 0.1) is 17.2 Å². The highest BCUT2D eigenvalue weighted by molar-refractivity contribution is 9.10. The van der Waals surface area contributed by atoms with Crippen LogP contribution in [-0.4, -0.2) is 10.2 Å². The van der Waals surface area contributed by atoms with Gasteiger partial charge < -0.3 is 10.5 Å². The van der Waals surface area contributed by atoms with E-state index in [2.05, 4.69) is 56.5 Å². The summed E-state index contributed by atoms with van der Waals surface area (Å²) in [4.78, 5) is 0. The van der Waals surface area contributed by atoms with Crippen molar-refractivity contribution < 1.29 is 4.74 Å². The molecule has 1 atom stereocenters. The van der Waals surface area contributed by atoms with Crippen molar-refractivity contribution in [2.75, 3.05) is 0 Å². The van der Waals surface area contributed by atoms with Crippen molar-refractivity contribution in [2.45, 2.75) is 5.92 Å². The predicted octanol–water partition coefficient (Wildman–Crippen LogP) is 5.21. The first kappa shape index (κ1) is 17.5. The van der Waals surface area contributed by atoms with E-state index < -0.39 is 0 Å². The Labute approximate surface area is 175 Å². The highest BCUT2D eigenvalue weighted by atomic mass is 79.9. The Bertz CT molecular complexity index is 1330. The van der Waals surface area contributed by atoms with Crippen LogP contribution in [0.2, 0.25) is 0 Å². The second kappa shape index (κ2) is 6.80. The second-order valence-corrected chi connectivity index (χ2v) is 7.68. The van der Waals surface area contributed by atoms with Gasteiger partial charge in [-0.05, 0) is 28.5 Å². The molecule has 2 heterocycles. The van der Waals surface area contributed by atoms with Crippen molar-refractivity contribution in [2.24, 2.45) is 5.73 Å². The average Bonchev–Trinajstić information content (AvgIpc) is 3.16. The Morgan fingerprint density at radius 1 is 1.03 bits per heavy atom. The molecule has 29 heavy (non-hydrogen) atoms. The molecule has 4 aromatic rings. The number of fused-ring (bicyclic) bond motifs is 2. The van der Waals surface area contributed by atoms with Crippen molar-refractivity contribution in [1.82, 2.24) is 10.2 Å². The Balaban J connectivity index is 1.76. The molecule has 1 aromatic heterocycles. The number of benzene rings is 3. The number of aromatic amines is 1. The van der Waals surface area contributed by atoms with Crippen LogP contribution in [0.3, 0.4) is 0 Å². The summed E-state index contributed by atoms with van der Waals surface area (Å²) in [5, 5.41) is 19.6. The first-order valence-electron chi connectivity index (χ1n) is 9.07. The van der Waals surface area contributed by atoms with Crippen molar-refractivity contribution in [3.8, 4) is 23.2 Å². The Kier molecular flexibility index (Phi) is 4.11. The van der Waals surface area contributed by atoms with Crippen LogP contribution in [0.1, 0.15) is 17.0 Å². The molecule has 0 saturated heterocycles. The zero-order valence-corrected chi connectivity index (χ0v) is 16.8. The van der Waals surface area contributed by atoms with E-state index in [0.717, 1.165) is 37.6 Å². The first-order valence-corrected chi connectivity index (χ1v) is 9.86. The molecular weight excluding hydrogens is 428 g/mol. The Hall–Kier alpha value is -3.56. The molecule has 1 aliphatic rings. The largest absolute Gasteiger partial charge is 0.420 e. The van der Waals surface area contributed by atoms with E-state index in [4.69, 9.17) is 10.5 Å². The lowest BCUT2D eigenvalue weighted by atomic mass is 9.83. The fourth-order valence-corrected chi connectivity index (χ4v) is 4.34. The molecular formula is C23H15BrN4O. The summed E-state index contributed by atoms with van der Waals surface area (Å²) < 4.78 is 6.59. The summed E-state index contributed by atoms with van der Waals surface area (Å²) in [6, 6.07) is 24.4. The number of rotatable bonds is 2. The van der Waals surface area contributed by atoms with Crippen LogP contribution in [0.4, 0.5) is 0 Å². The van der Waals surface area contributed by atoms with E-state index in [1.165, 1.54) is 0 Å². The Morgan fingerprint density at radius 3 is 2.59 bits per heavy atom. The maximum Gasteiger partial charge on any atom is 0.244 e. The number of nitrogens with zero attached hydrogens (tertiary/aromatic N) is 2. The minimum absolute atomic E-state index is 0.0808. The molecule has 0 spiro atoms. The predicted molar refractivity (Wildman–Crippen MR) is 115 cm³/mol. The normalized spacial score (nSPS) is 15.7. The highest BCUT2D eigenvalue weighted by Crippen LogP contribution is 2.47. The Morgan fingerprint density at radius 2 is 1.79 bits per heavy atom. The summed E-state index contributed by atoms with van der Waals surface area (Å²) in [6.45, 7) is 0. The minimum Gasteiger partial charge on any atom is -0.420 e. The number of hydrogen-bond acceptors (Lipinski definition) is 4. The smallest absolute Gasteiger partial charge is 0.244 e. The number of nitriles is 1. The number of halogens is 1. The third-order valence-corrected chi connectivity index (χ3v) is 5.92. The summed E-state index contributed by atoms with van der Waals surface area (Å²) >= 11 is 3.62. The number of hydrogen-bond donors (Lipinski definition) is 2. The molecule has 0 aliphatic carbocycles. The molecule has 6 heteroatoms. The molecule has 3 N–H and O–H groups in total. The SMILES string of the molecule is N#CC1=C(N)Oc2n[nH]c(-c3ccc4ccccc4c3)c2C1c1ccccc1Br. The zero-order chi connectivity index (χ0) is 20.0. The van der Waals surface area contributed by atoms with Gasteiger partial charge in [-0.3, -0.25) is 5.10 Å². The third-order valence-electron chi connectivity index (χ3n) is 5.19. The van der Waals surface area contributed by atoms with Crippen LogP contribution in [-0.2, 0) is 0 Å². The molecule has 140 valence electrons. The second-order valence-electron chi connectivity index (χ2n) is 6.83. The topological polar surface area (TPSA) is 87.7 Å². The van der Waals surface area contributed by atoms with Crippen molar-refractivity contribution in [3.05, 3.63) is 93.8 Å². The molecule has 5 rings (SSSR count). The van der Waals surface area contributed by atoms with Crippen LogP contribution < -0.4 is 10.5 Å². The lowest BCUT2D eigenvalue weighted by Gasteiger charge is -2.25. The lowest BCUT2D eigenvalue weighted by Crippen LogP contribution is -2.21. The lowest BCUT2D eigenvalue weighted by molar-refractivity contribution is 0.379.